The van der Waals surface area contributed by atoms with Crippen LogP contribution in [0.15, 0.2) is 36.7 Å². The van der Waals surface area contributed by atoms with Crippen LogP contribution in [0.25, 0.3) is 21.3 Å². The molecule has 2 heterocycles. The van der Waals surface area contributed by atoms with Crippen LogP contribution in [0.2, 0.25) is 0 Å². The van der Waals surface area contributed by atoms with Gasteiger partial charge in [0.05, 0.1) is 21.7 Å². The highest BCUT2D eigenvalue weighted by atomic mass is 32.1. The Morgan fingerprint density at radius 2 is 2.04 bits per heavy atom. The van der Waals surface area contributed by atoms with Gasteiger partial charge in [0.15, 0.2) is 5.13 Å². The Labute approximate surface area is 148 Å². The van der Waals surface area contributed by atoms with E-state index >= 15 is 0 Å². The predicted molar refractivity (Wildman–Crippen MR) is 89.5 cm³/mol. The maximum absolute atomic E-state index is 13.2. The van der Waals surface area contributed by atoms with Crippen molar-refractivity contribution >= 4 is 32.6 Å². The molecule has 1 aliphatic carbocycles. The lowest BCUT2D eigenvalue weighted by Crippen LogP contribution is -2.14. The van der Waals surface area contributed by atoms with Crippen molar-refractivity contribution in [1.82, 2.24) is 9.97 Å². The van der Waals surface area contributed by atoms with Gasteiger partial charge in [0.25, 0.3) is 0 Å². The Hall–Kier alpha value is -2.55. The zero-order valence-electron chi connectivity index (χ0n) is 13.0. The van der Waals surface area contributed by atoms with Crippen molar-refractivity contribution in [3.8, 4) is 11.1 Å². The van der Waals surface area contributed by atoms with Crippen molar-refractivity contribution in [2.75, 3.05) is 5.32 Å². The SMILES string of the molecule is O=C(Nc1nc2ccc(-c3cnccc3C(F)(F)F)cc2s1)[C@@H]1CC1F. The predicted octanol–water partition coefficient (Wildman–Crippen LogP) is 4.67. The summed E-state index contributed by atoms with van der Waals surface area (Å²) in [7, 11) is 0. The summed E-state index contributed by atoms with van der Waals surface area (Å²) in [4.78, 5) is 19.8. The van der Waals surface area contributed by atoms with Gasteiger partial charge >= 0.3 is 6.18 Å². The summed E-state index contributed by atoms with van der Waals surface area (Å²) in [5.74, 6) is -1.06. The van der Waals surface area contributed by atoms with E-state index in [1.807, 2.05) is 0 Å². The fourth-order valence-corrected chi connectivity index (χ4v) is 3.56. The van der Waals surface area contributed by atoms with E-state index in [2.05, 4.69) is 15.3 Å². The van der Waals surface area contributed by atoms with Crippen molar-refractivity contribution in [2.24, 2.45) is 5.92 Å². The average molecular weight is 381 g/mol. The van der Waals surface area contributed by atoms with Gasteiger partial charge in [0.1, 0.15) is 6.17 Å². The second-order valence-electron chi connectivity index (χ2n) is 5.97. The number of carbonyl (C=O) groups excluding carboxylic acids is 1. The molecular formula is C17H11F4N3OS. The van der Waals surface area contributed by atoms with E-state index in [4.69, 9.17) is 0 Å². The molecule has 1 N–H and O–H groups in total. The van der Waals surface area contributed by atoms with Crippen molar-refractivity contribution in [2.45, 2.75) is 18.8 Å². The van der Waals surface area contributed by atoms with Gasteiger partial charge in [-0.3, -0.25) is 9.78 Å². The third-order valence-corrected chi connectivity index (χ3v) is 5.04. The van der Waals surface area contributed by atoms with E-state index in [0.717, 1.165) is 23.6 Å². The number of nitrogens with zero attached hydrogens (tertiary/aromatic N) is 2. The minimum absolute atomic E-state index is 0.0286. The Morgan fingerprint density at radius 1 is 1.27 bits per heavy atom. The summed E-state index contributed by atoms with van der Waals surface area (Å²) >= 11 is 1.13. The van der Waals surface area contributed by atoms with Crippen LogP contribution in [-0.2, 0) is 11.0 Å². The topological polar surface area (TPSA) is 54.9 Å². The molecule has 4 rings (SSSR count). The molecular weight excluding hydrogens is 370 g/mol. The van der Waals surface area contributed by atoms with Gasteiger partial charge in [-0.05, 0) is 30.2 Å². The number of fused-ring (bicyclic) bond motifs is 1. The number of thiazole rings is 1. The maximum Gasteiger partial charge on any atom is 0.417 e. The number of hydrogen-bond acceptors (Lipinski definition) is 4. The highest BCUT2D eigenvalue weighted by molar-refractivity contribution is 7.22. The van der Waals surface area contributed by atoms with Crippen LogP contribution in [0, 0.1) is 5.92 Å². The lowest BCUT2D eigenvalue weighted by atomic mass is 10.0. The Kier molecular flexibility index (Phi) is 3.91. The van der Waals surface area contributed by atoms with Gasteiger partial charge in [-0.25, -0.2) is 9.37 Å². The minimum Gasteiger partial charge on any atom is -0.302 e. The van der Waals surface area contributed by atoms with Crippen LogP contribution in [0.3, 0.4) is 0 Å². The van der Waals surface area contributed by atoms with Crippen LogP contribution >= 0.6 is 11.3 Å². The molecule has 2 aromatic heterocycles. The zero-order chi connectivity index (χ0) is 18.5. The Balaban J connectivity index is 1.67. The molecule has 0 radical (unpaired) electrons. The molecule has 0 bridgehead atoms. The number of amides is 1. The van der Waals surface area contributed by atoms with Crippen molar-refractivity contribution in [3.63, 3.8) is 0 Å². The molecule has 0 aliphatic heterocycles. The first-order valence-electron chi connectivity index (χ1n) is 7.70. The molecule has 1 amide bonds. The van der Waals surface area contributed by atoms with E-state index in [9.17, 15) is 22.4 Å². The molecule has 2 atom stereocenters. The van der Waals surface area contributed by atoms with Gasteiger partial charge in [0, 0.05) is 18.0 Å². The normalized spacial score (nSPS) is 19.5. The van der Waals surface area contributed by atoms with Gasteiger partial charge in [0.2, 0.25) is 5.91 Å². The summed E-state index contributed by atoms with van der Waals surface area (Å²) in [6.45, 7) is 0. The van der Waals surface area contributed by atoms with E-state index in [1.54, 1.807) is 12.1 Å². The number of nitrogens with one attached hydrogen (secondary N) is 1. The molecule has 1 unspecified atom stereocenters. The van der Waals surface area contributed by atoms with Crippen LogP contribution in [-0.4, -0.2) is 22.0 Å². The standard InChI is InChI=1S/C17H11F4N3OS/c18-12-6-9(12)15(25)24-16-23-13-2-1-8(5-14(13)26-16)10-7-22-4-3-11(10)17(19,20)21/h1-5,7,9,12H,6H2,(H,23,24,25)/t9-,12?/m1/s1. The Morgan fingerprint density at radius 3 is 2.73 bits per heavy atom. The van der Waals surface area contributed by atoms with Crippen LogP contribution in [0.4, 0.5) is 22.7 Å². The third kappa shape index (κ3) is 3.14. The van der Waals surface area contributed by atoms with Crippen molar-refractivity contribution in [3.05, 3.63) is 42.2 Å². The van der Waals surface area contributed by atoms with Gasteiger partial charge < -0.3 is 5.32 Å². The summed E-state index contributed by atoms with van der Waals surface area (Å²) in [6.07, 6.45) is -3.12. The lowest BCUT2D eigenvalue weighted by Gasteiger charge is -2.12. The first-order chi connectivity index (χ1) is 12.3. The van der Waals surface area contributed by atoms with E-state index < -0.39 is 29.7 Å². The highest BCUT2D eigenvalue weighted by Gasteiger charge is 2.43. The number of anilines is 1. The largest absolute Gasteiger partial charge is 0.417 e. The smallest absolute Gasteiger partial charge is 0.302 e. The average Bonchev–Trinajstić information content (AvgIpc) is 3.19. The van der Waals surface area contributed by atoms with Gasteiger partial charge in [-0.2, -0.15) is 13.2 Å². The number of benzene rings is 1. The molecule has 1 fully saturated rings. The van der Waals surface area contributed by atoms with Gasteiger partial charge in [-0.1, -0.05) is 17.4 Å². The minimum atomic E-state index is -4.49. The third-order valence-electron chi connectivity index (χ3n) is 4.11. The number of halogens is 4. The molecule has 0 saturated heterocycles. The fourth-order valence-electron chi connectivity index (χ4n) is 2.65. The second-order valence-corrected chi connectivity index (χ2v) is 7.00. The van der Waals surface area contributed by atoms with E-state index in [-0.39, 0.29) is 12.0 Å². The molecule has 4 nitrogen and oxygen atoms in total. The summed E-state index contributed by atoms with van der Waals surface area (Å²) in [5.41, 5.74) is 0.0938. The van der Waals surface area contributed by atoms with Crippen molar-refractivity contribution in [1.29, 1.82) is 0 Å². The number of rotatable bonds is 3. The number of aromatic nitrogens is 2. The molecule has 0 spiro atoms. The molecule has 1 saturated carbocycles. The first-order valence-corrected chi connectivity index (χ1v) is 8.51. The van der Waals surface area contributed by atoms with Gasteiger partial charge in [-0.15, -0.1) is 0 Å². The summed E-state index contributed by atoms with van der Waals surface area (Å²) in [5, 5.41) is 2.85. The fraction of sp³-hybridized carbons (Fsp3) is 0.235. The molecule has 1 aromatic carbocycles. The molecule has 9 heteroatoms. The maximum atomic E-state index is 13.2. The molecule has 26 heavy (non-hydrogen) atoms. The van der Waals surface area contributed by atoms with Crippen molar-refractivity contribution < 1.29 is 22.4 Å². The molecule has 1 aliphatic rings. The number of pyridine rings is 1. The molecule has 3 aromatic rings. The molecule has 134 valence electrons. The second kappa shape index (κ2) is 6.01. The van der Waals surface area contributed by atoms with Crippen LogP contribution in [0.5, 0.6) is 0 Å². The first kappa shape index (κ1) is 16.9. The quantitative estimate of drug-likeness (QED) is 0.671. The number of hydrogen-bond donors (Lipinski definition) is 1. The van der Waals surface area contributed by atoms with Crippen LogP contribution < -0.4 is 5.32 Å². The number of carbonyl (C=O) groups is 1. The zero-order valence-corrected chi connectivity index (χ0v) is 13.9. The Bertz CT molecular complexity index is 1000. The van der Waals surface area contributed by atoms with E-state index in [0.29, 0.717) is 20.9 Å². The van der Waals surface area contributed by atoms with E-state index in [1.165, 1.54) is 12.3 Å². The monoisotopic (exact) mass is 381 g/mol. The van der Waals surface area contributed by atoms with Crippen LogP contribution in [0.1, 0.15) is 12.0 Å². The summed E-state index contributed by atoms with van der Waals surface area (Å²) in [6, 6.07) is 5.61. The lowest BCUT2D eigenvalue weighted by molar-refractivity contribution is -0.137. The number of alkyl halides is 4. The highest BCUT2D eigenvalue weighted by Crippen LogP contribution is 2.39. The summed E-state index contributed by atoms with van der Waals surface area (Å²) < 4.78 is 53.1.